The molecule has 1 aliphatic heterocycles. The van der Waals surface area contributed by atoms with Crippen LogP contribution in [0.15, 0.2) is 18.2 Å². The predicted octanol–water partition coefficient (Wildman–Crippen LogP) is 3.30. The molecule has 1 heterocycles. The number of nitrogens with one attached hydrogen (secondary N) is 1. The first-order valence-corrected chi connectivity index (χ1v) is 6.83. The fourth-order valence-corrected chi connectivity index (χ4v) is 2.40. The third-order valence-corrected chi connectivity index (χ3v) is 3.25. The maximum Gasteiger partial charge on any atom is 0.165 e. The molecule has 1 N–H and O–H groups in total. The van der Waals surface area contributed by atoms with Crippen molar-refractivity contribution in [1.82, 2.24) is 5.32 Å². The number of rotatable bonds is 4. The molecular weight excluding hydrogens is 229 g/mol. The monoisotopic (exact) mass is 251 g/mol. The van der Waals surface area contributed by atoms with E-state index in [-0.39, 0.29) is 11.9 Å². The molecule has 1 aromatic carbocycles. The maximum absolute atomic E-state index is 13.8. The van der Waals surface area contributed by atoms with Gasteiger partial charge in [0.15, 0.2) is 11.6 Å². The van der Waals surface area contributed by atoms with Gasteiger partial charge in [0.1, 0.15) is 0 Å². The molecule has 1 aliphatic rings. The zero-order valence-electron chi connectivity index (χ0n) is 11.2. The molecule has 2 nitrogen and oxygen atoms in total. The van der Waals surface area contributed by atoms with E-state index in [1.54, 1.807) is 12.1 Å². The molecule has 0 aromatic heterocycles. The fraction of sp³-hybridized carbons (Fsp3) is 0.600. The van der Waals surface area contributed by atoms with Crippen molar-refractivity contribution < 1.29 is 9.13 Å². The van der Waals surface area contributed by atoms with Crippen LogP contribution in [0, 0.1) is 5.82 Å². The Morgan fingerprint density at radius 1 is 1.39 bits per heavy atom. The summed E-state index contributed by atoms with van der Waals surface area (Å²) in [6, 6.07) is 5.81. The molecule has 1 atom stereocenters. The van der Waals surface area contributed by atoms with E-state index in [0.717, 1.165) is 18.5 Å². The second-order valence-corrected chi connectivity index (χ2v) is 5.28. The molecule has 100 valence electrons. The lowest BCUT2D eigenvalue weighted by atomic mass is 9.98. The number of halogens is 1. The quantitative estimate of drug-likeness (QED) is 0.886. The molecule has 2 rings (SSSR count). The summed E-state index contributed by atoms with van der Waals surface area (Å²) in [5.74, 6) is 0.0994. The molecule has 3 heteroatoms. The average Bonchev–Trinajstić information content (AvgIpc) is 2.33. The van der Waals surface area contributed by atoms with Gasteiger partial charge in [-0.1, -0.05) is 12.5 Å². The van der Waals surface area contributed by atoms with Crippen LogP contribution < -0.4 is 10.1 Å². The Kier molecular flexibility index (Phi) is 4.59. The van der Waals surface area contributed by atoms with Gasteiger partial charge in [0.05, 0.1) is 6.10 Å². The number of hydrogen-bond donors (Lipinski definition) is 1. The van der Waals surface area contributed by atoms with E-state index >= 15 is 0 Å². The molecule has 1 unspecified atom stereocenters. The van der Waals surface area contributed by atoms with Crippen LogP contribution in [-0.4, -0.2) is 18.7 Å². The van der Waals surface area contributed by atoms with Gasteiger partial charge >= 0.3 is 0 Å². The molecule has 0 radical (unpaired) electrons. The average molecular weight is 251 g/mol. The first kappa shape index (κ1) is 13.3. The van der Waals surface area contributed by atoms with Gasteiger partial charge in [0.25, 0.3) is 0 Å². The second-order valence-electron chi connectivity index (χ2n) is 5.28. The van der Waals surface area contributed by atoms with Crippen LogP contribution in [0.1, 0.15) is 38.7 Å². The highest BCUT2D eigenvalue weighted by Gasteiger charge is 2.14. The van der Waals surface area contributed by atoms with Crippen molar-refractivity contribution in [3.8, 4) is 5.75 Å². The lowest BCUT2D eigenvalue weighted by Crippen LogP contribution is -2.35. The molecule has 0 saturated carbocycles. The maximum atomic E-state index is 13.8. The van der Waals surface area contributed by atoms with Crippen LogP contribution in [0.5, 0.6) is 5.75 Å². The Balaban J connectivity index is 1.99. The van der Waals surface area contributed by atoms with Crippen molar-refractivity contribution in [2.75, 3.05) is 6.54 Å². The minimum Gasteiger partial charge on any atom is -0.488 e. The zero-order valence-corrected chi connectivity index (χ0v) is 11.2. The van der Waals surface area contributed by atoms with Crippen LogP contribution in [-0.2, 0) is 6.42 Å². The van der Waals surface area contributed by atoms with Gasteiger partial charge in [-0.05, 0) is 57.4 Å². The van der Waals surface area contributed by atoms with Crippen molar-refractivity contribution >= 4 is 0 Å². The minimum atomic E-state index is -0.253. The van der Waals surface area contributed by atoms with Crippen molar-refractivity contribution in [1.29, 1.82) is 0 Å². The topological polar surface area (TPSA) is 21.3 Å². The Morgan fingerprint density at radius 3 is 2.83 bits per heavy atom. The van der Waals surface area contributed by atoms with E-state index in [1.807, 2.05) is 19.9 Å². The molecule has 0 bridgehead atoms. The minimum absolute atomic E-state index is 0.00496. The lowest BCUT2D eigenvalue weighted by molar-refractivity contribution is 0.231. The van der Waals surface area contributed by atoms with E-state index in [1.165, 1.54) is 19.3 Å². The van der Waals surface area contributed by atoms with E-state index in [2.05, 4.69) is 5.32 Å². The van der Waals surface area contributed by atoms with Crippen LogP contribution in [0.4, 0.5) is 4.39 Å². The lowest BCUT2D eigenvalue weighted by Gasteiger charge is -2.23. The molecule has 0 spiro atoms. The Morgan fingerprint density at radius 2 is 2.22 bits per heavy atom. The summed E-state index contributed by atoms with van der Waals surface area (Å²) < 4.78 is 19.2. The highest BCUT2D eigenvalue weighted by Crippen LogP contribution is 2.21. The van der Waals surface area contributed by atoms with E-state index in [4.69, 9.17) is 4.74 Å². The highest BCUT2D eigenvalue weighted by molar-refractivity contribution is 5.30. The summed E-state index contributed by atoms with van der Waals surface area (Å²) in [6.07, 6.45) is 4.62. The van der Waals surface area contributed by atoms with Gasteiger partial charge in [-0.25, -0.2) is 4.39 Å². The normalized spacial score (nSPS) is 20.1. The Labute approximate surface area is 109 Å². The largest absolute Gasteiger partial charge is 0.488 e. The molecule has 0 aliphatic carbocycles. The standard InChI is InChI=1S/C15H22FNO/c1-11(2)18-15-7-6-12(10-14(15)16)9-13-5-3-4-8-17-13/h6-7,10-11,13,17H,3-5,8-9H2,1-2H3. The van der Waals surface area contributed by atoms with E-state index in [0.29, 0.717) is 11.8 Å². The Hall–Kier alpha value is -1.09. The van der Waals surface area contributed by atoms with Crippen molar-refractivity contribution in [3.63, 3.8) is 0 Å². The van der Waals surface area contributed by atoms with Crippen LogP contribution in [0.2, 0.25) is 0 Å². The SMILES string of the molecule is CC(C)Oc1ccc(CC2CCCCN2)cc1F. The van der Waals surface area contributed by atoms with Crippen molar-refractivity contribution in [3.05, 3.63) is 29.6 Å². The van der Waals surface area contributed by atoms with Crippen LogP contribution in [0.25, 0.3) is 0 Å². The zero-order chi connectivity index (χ0) is 13.0. The summed E-state index contributed by atoms with van der Waals surface area (Å²) in [6.45, 7) is 4.89. The summed E-state index contributed by atoms with van der Waals surface area (Å²) in [5, 5.41) is 3.48. The number of benzene rings is 1. The van der Waals surface area contributed by atoms with Gasteiger partial charge in [0, 0.05) is 6.04 Å². The molecule has 1 aromatic rings. The van der Waals surface area contributed by atoms with Gasteiger partial charge < -0.3 is 10.1 Å². The third-order valence-electron chi connectivity index (χ3n) is 3.25. The van der Waals surface area contributed by atoms with Crippen LogP contribution in [0.3, 0.4) is 0 Å². The molecule has 1 fully saturated rings. The highest BCUT2D eigenvalue weighted by atomic mass is 19.1. The number of hydrogen-bond acceptors (Lipinski definition) is 2. The molecule has 0 amide bonds. The molecule has 1 saturated heterocycles. The van der Waals surface area contributed by atoms with Crippen molar-refractivity contribution in [2.45, 2.75) is 51.7 Å². The van der Waals surface area contributed by atoms with Gasteiger partial charge in [-0.3, -0.25) is 0 Å². The first-order valence-electron chi connectivity index (χ1n) is 6.83. The first-order chi connectivity index (χ1) is 8.65. The van der Waals surface area contributed by atoms with Gasteiger partial charge in [-0.15, -0.1) is 0 Å². The third kappa shape index (κ3) is 3.70. The second kappa shape index (κ2) is 6.19. The summed E-state index contributed by atoms with van der Waals surface area (Å²) in [5.41, 5.74) is 1.04. The fourth-order valence-electron chi connectivity index (χ4n) is 2.40. The number of piperidine rings is 1. The van der Waals surface area contributed by atoms with E-state index in [9.17, 15) is 4.39 Å². The Bertz CT molecular complexity index is 386. The summed E-state index contributed by atoms with van der Waals surface area (Å²) in [4.78, 5) is 0. The summed E-state index contributed by atoms with van der Waals surface area (Å²) in [7, 11) is 0. The molecule has 18 heavy (non-hydrogen) atoms. The summed E-state index contributed by atoms with van der Waals surface area (Å²) >= 11 is 0. The van der Waals surface area contributed by atoms with Gasteiger partial charge in [0.2, 0.25) is 0 Å². The molecular formula is C15H22FNO. The van der Waals surface area contributed by atoms with Gasteiger partial charge in [-0.2, -0.15) is 0 Å². The smallest absolute Gasteiger partial charge is 0.165 e. The predicted molar refractivity (Wildman–Crippen MR) is 71.5 cm³/mol. The van der Waals surface area contributed by atoms with E-state index < -0.39 is 0 Å². The van der Waals surface area contributed by atoms with Crippen molar-refractivity contribution in [2.24, 2.45) is 0 Å². The number of ether oxygens (including phenoxy) is 1. The van der Waals surface area contributed by atoms with Crippen LogP contribution >= 0.6 is 0 Å².